The van der Waals surface area contributed by atoms with Crippen LogP contribution in [0.15, 0.2) is 24.3 Å². The second-order valence-electron chi connectivity index (χ2n) is 5.59. The molecule has 1 atom stereocenters. The van der Waals surface area contributed by atoms with Crippen molar-refractivity contribution in [3.63, 3.8) is 0 Å². The van der Waals surface area contributed by atoms with Crippen molar-refractivity contribution in [1.82, 2.24) is 10.6 Å². The second kappa shape index (κ2) is 8.67. The number of hydrogen-bond acceptors (Lipinski definition) is 3. The number of aryl methyl sites for hydroxylation is 1. The van der Waals surface area contributed by atoms with Crippen LogP contribution in [0.25, 0.3) is 0 Å². The summed E-state index contributed by atoms with van der Waals surface area (Å²) in [6, 6.07) is 8.49. The van der Waals surface area contributed by atoms with Crippen LogP contribution in [-0.2, 0) is 11.2 Å². The van der Waals surface area contributed by atoms with Gasteiger partial charge in [-0.05, 0) is 49.9 Å². The van der Waals surface area contributed by atoms with Crippen LogP contribution in [0.3, 0.4) is 0 Å². The first-order valence-electron chi connectivity index (χ1n) is 7.99. The molecule has 0 bridgehead atoms. The zero-order chi connectivity index (χ0) is 14.9. The number of rotatable bonds is 8. The fraction of sp³-hybridized carbons (Fsp3) is 0.588. The highest BCUT2D eigenvalue weighted by Gasteiger charge is 2.14. The van der Waals surface area contributed by atoms with Crippen LogP contribution < -0.4 is 15.4 Å². The number of ether oxygens (including phenoxy) is 1. The van der Waals surface area contributed by atoms with E-state index in [0.29, 0.717) is 12.5 Å². The van der Waals surface area contributed by atoms with Gasteiger partial charge in [0.2, 0.25) is 5.91 Å². The van der Waals surface area contributed by atoms with E-state index in [0.717, 1.165) is 38.3 Å². The monoisotopic (exact) mass is 290 g/mol. The molecule has 0 radical (unpaired) electrons. The predicted octanol–water partition coefficient (Wildman–Crippen LogP) is 2.28. The van der Waals surface area contributed by atoms with Gasteiger partial charge >= 0.3 is 0 Å². The molecule has 0 aromatic heterocycles. The number of carbonyl (C=O) groups excluding carboxylic acids is 1. The van der Waals surface area contributed by atoms with E-state index in [9.17, 15) is 4.79 Å². The van der Waals surface area contributed by atoms with Crippen LogP contribution in [0.2, 0.25) is 0 Å². The predicted molar refractivity (Wildman–Crippen MR) is 84.6 cm³/mol. The molecule has 4 nitrogen and oxygen atoms in total. The van der Waals surface area contributed by atoms with Gasteiger partial charge in [-0.2, -0.15) is 0 Å². The Morgan fingerprint density at radius 2 is 2.19 bits per heavy atom. The Morgan fingerprint density at radius 3 is 2.86 bits per heavy atom. The average Bonchev–Trinajstić information content (AvgIpc) is 3.03. The summed E-state index contributed by atoms with van der Waals surface area (Å²) >= 11 is 0. The Morgan fingerprint density at radius 1 is 1.38 bits per heavy atom. The van der Waals surface area contributed by atoms with Crippen LogP contribution in [-0.4, -0.2) is 31.6 Å². The molecule has 1 heterocycles. The normalized spacial score (nSPS) is 17.7. The molecule has 1 amide bonds. The van der Waals surface area contributed by atoms with Crippen LogP contribution >= 0.6 is 0 Å². The summed E-state index contributed by atoms with van der Waals surface area (Å²) < 4.78 is 5.55. The van der Waals surface area contributed by atoms with Crippen molar-refractivity contribution >= 4 is 5.91 Å². The van der Waals surface area contributed by atoms with Crippen LogP contribution in [0.5, 0.6) is 5.75 Å². The van der Waals surface area contributed by atoms with Crippen LogP contribution in [0.1, 0.15) is 38.2 Å². The van der Waals surface area contributed by atoms with Crippen molar-refractivity contribution in [3.8, 4) is 5.75 Å². The topological polar surface area (TPSA) is 50.4 Å². The van der Waals surface area contributed by atoms with Crippen molar-refractivity contribution in [2.24, 2.45) is 0 Å². The number of carbonyl (C=O) groups is 1. The quantitative estimate of drug-likeness (QED) is 0.772. The van der Waals surface area contributed by atoms with Gasteiger partial charge in [0, 0.05) is 19.0 Å². The molecule has 1 unspecified atom stereocenters. The zero-order valence-corrected chi connectivity index (χ0v) is 12.9. The van der Waals surface area contributed by atoms with Gasteiger partial charge < -0.3 is 15.4 Å². The third kappa shape index (κ3) is 5.76. The van der Waals surface area contributed by atoms with E-state index in [2.05, 4.69) is 17.6 Å². The molecule has 1 saturated heterocycles. The van der Waals surface area contributed by atoms with Gasteiger partial charge in [0.1, 0.15) is 5.75 Å². The van der Waals surface area contributed by atoms with Gasteiger partial charge in [0.05, 0.1) is 6.61 Å². The molecular weight excluding hydrogens is 264 g/mol. The lowest BCUT2D eigenvalue weighted by molar-refractivity contribution is -0.121. The summed E-state index contributed by atoms with van der Waals surface area (Å²) in [5.74, 6) is 1.03. The minimum absolute atomic E-state index is 0.134. The molecule has 2 rings (SSSR count). The Labute approximate surface area is 127 Å². The van der Waals surface area contributed by atoms with Crippen LogP contribution in [0.4, 0.5) is 0 Å². The van der Waals surface area contributed by atoms with Crippen molar-refractivity contribution in [3.05, 3.63) is 29.8 Å². The number of amides is 1. The lowest BCUT2D eigenvalue weighted by Gasteiger charge is -2.11. The van der Waals surface area contributed by atoms with Crippen molar-refractivity contribution in [1.29, 1.82) is 0 Å². The molecule has 2 N–H and O–H groups in total. The van der Waals surface area contributed by atoms with Crippen molar-refractivity contribution in [2.75, 3.05) is 19.7 Å². The van der Waals surface area contributed by atoms with E-state index in [-0.39, 0.29) is 5.91 Å². The summed E-state index contributed by atoms with van der Waals surface area (Å²) in [6.07, 6.45) is 4.71. The highest BCUT2D eigenvalue weighted by Crippen LogP contribution is 2.13. The standard InChI is InChI=1S/C17H26N2O2/c1-2-12-21-16-8-5-14(6-9-16)7-10-17(20)19-13-15-4-3-11-18-15/h5-6,8-9,15,18H,2-4,7,10-13H2,1H3,(H,19,20). The molecule has 0 spiro atoms. The minimum Gasteiger partial charge on any atom is -0.494 e. The van der Waals surface area contributed by atoms with E-state index < -0.39 is 0 Å². The molecular formula is C17H26N2O2. The van der Waals surface area contributed by atoms with E-state index in [4.69, 9.17) is 4.74 Å². The van der Waals surface area contributed by atoms with E-state index in [1.807, 2.05) is 24.3 Å². The van der Waals surface area contributed by atoms with Gasteiger partial charge in [-0.15, -0.1) is 0 Å². The number of benzene rings is 1. The van der Waals surface area contributed by atoms with E-state index in [1.165, 1.54) is 18.4 Å². The van der Waals surface area contributed by atoms with Gasteiger partial charge in [0.15, 0.2) is 0 Å². The fourth-order valence-corrected chi connectivity index (χ4v) is 2.49. The third-order valence-electron chi connectivity index (χ3n) is 3.74. The Hall–Kier alpha value is -1.55. The summed E-state index contributed by atoms with van der Waals surface area (Å²) in [6.45, 7) is 4.67. The highest BCUT2D eigenvalue weighted by atomic mass is 16.5. The first-order valence-corrected chi connectivity index (χ1v) is 7.99. The molecule has 1 aromatic carbocycles. The minimum atomic E-state index is 0.134. The SMILES string of the molecule is CCCOc1ccc(CCC(=O)NCC2CCCN2)cc1. The van der Waals surface area contributed by atoms with Gasteiger partial charge in [0.25, 0.3) is 0 Å². The molecule has 21 heavy (non-hydrogen) atoms. The third-order valence-corrected chi connectivity index (χ3v) is 3.74. The summed E-state index contributed by atoms with van der Waals surface area (Å²) in [4.78, 5) is 11.8. The van der Waals surface area contributed by atoms with E-state index >= 15 is 0 Å². The molecule has 0 aliphatic carbocycles. The average molecular weight is 290 g/mol. The molecule has 0 saturated carbocycles. The maximum absolute atomic E-state index is 11.8. The first-order chi connectivity index (χ1) is 10.3. The molecule has 1 fully saturated rings. The first kappa shape index (κ1) is 15.8. The molecule has 4 heteroatoms. The fourth-order valence-electron chi connectivity index (χ4n) is 2.49. The summed E-state index contributed by atoms with van der Waals surface area (Å²) in [5, 5.41) is 6.39. The Balaban J connectivity index is 1.65. The highest BCUT2D eigenvalue weighted by molar-refractivity contribution is 5.76. The summed E-state index contributed by atoms with van der Waals surface area (Å²) in [7, 11) is 0. The molecule has 116 valence electrons. The summed E-state index contributed by atoms with van der Waals surface area (Å²) in [5.41, 5.74) is 1.17. The van der Waals surface area contributed by atoms with Crippen molar-refractivity contribution in [2.45, 2.75) is 45.1 Å². The van der Waals surface area contributed by atoms with Gasteiger partial charge in [-0.25, -0.2) is 0 Å². The number of hydrogen-bond donors (Lipinski definition) is 2. The lowest BCUT2D eigenvalue weighted by atomic mass is 10.1. The Kier molecular flexibility index (Phi) is 6.54. The van der Waals surface area contributed by atoms with Crippen molar-refractivity contribution < 1.29 is 9.53 Å². The van der Waals surface area contributed by atoms with Gasteiger partial charge in [-0.3, -0.25) is 4.79 Å². The number of nitrogens with one attached hydrogen (secondary N) is 2. The lowest BCUT2D eigenvalue weighted by Crippen LogP contribution is -2.37. The van der Waals surface area contributed by atoms with Gasteiger partial charge in [-0.1, -0.05) is 19.1 Å². The van der Waals surface area contributed by atoms with Crippen LogP contribution in [0, 0.1) is 0 Å². The smallest absolute Gasteiger partial charge is 0.220 e. The maximum Gasteiger partial charge on any atom is 0.220 e. The molecule has 1 aromatic rings. The van der Waals surface area contributed by atoms with E-state index in [1.54, 1.807) is 0 Å². The maximum atomic E-state index is 11.8. The second-order valence-corrected chi connectivity index (χ2v) is 5.59. The Bertz CT molecular complexity index is 425. The molecule has 1 aliphatic rings. The zero-order valence-electron chi connectivity index (χ0n) is 12.9. The largest absolute Gasteiger partial charge is 0.494 e. The molecule has 1 aliphatic heterocycles.